The van der Waals surface area contributed by atoms with Crippen molar-refractivity contribution in [2.45, 2.75) is 26.2 Å². The normalized spacial score (nSPS) is 11.8. The summed E-state index contributed by atoms with van der Waals surface area (Å²) in [5, 5.41) is 9.51. The molecule has 0 spiro atoms. The van der Waals surface area contributed by atoms with E-state index >= 15 is 0 Å². The van der Waals surface area contributed by atoms with Gasteiger partial charge < -0.3 is 14.6 Å². The summed E-state index contributed by atoms with van der Waals surface area (Å²) in [5.74, 6) is -0.119. The number of hydrogen-bond acceptors (Lipinski definition) is 3. The first-order valence-electron chi connectivity index (χ1n) is 7.58. The van der Waals surface area contributed by atoms with Crippen LogP contribution in [0.15, 0.2) is 42.5 Å². The Hall–Kier alpha value is -2.49. The summed E-state index contributed by atoms with van der Waals surface area (Å²) >= 11 is 0. The van der Waals surface area contributed by atoms with Crippen LogP contribution in [0.1, 0.15) is 29.0 Å². The van der Waals surface area contributed by atoms with Crippen molar-refractivity contribution in [2.75, 3.05) is 13.7 Å². The van der Waals surface area contributed by atoms with E-state index in [2.05, 4.69) is 0 Å². The Morgan fingerprint density at radius 1 is 1.13 bits per heavy atom. The number of aliphatic carboxylic acids is 1. The van der Waals surface area contributed by atoms with Gasteiger partial charge in [0.2, 0.25) is 0 Å². The van der Waals surface area contributed by atoms with Crippen LogP contribution in [0, 0.1) is 13.8 Å². The van der Waals surface area contributed by atoms with Crippen molar-refractivity contribution in [1.29, 1.82) is 0 Å². The van der Waals surface area contributed by atoms with E-state index in [-0.39, 0.29) is 0 Å². The fraction of sp³-hybridized carbons (Fsp3) is 0.316. The molecule has 0 aromatic heterocycles. The number of carbonyl (C=O) groups is 1. The number of benzene rings is 2. The van der Waals surface area contributed by atoms with Gasteiger partial charge >= 0.3 is 5.97 Å². The highest BCUT2D eigenvalue weighted by Gasteiger charge is 2.21. The van der Waals surface area contributed by atoms with E-state index in [1.165, 1.54) is 0 Å². The highest BCUT2D eigenvalue weighted by molar-refractivity contribution is 5.76. The first-order valence-corrected chi connectivity index (χ1v) is 7.58. The number of carboxylic acid groups (broad SMARTS) is 1. The van der Waals surface area contributed by atoms with Gasteiger partial charge in [0.25, 0.3) is 0 Å². The molecular weight excluding hydrogens is 292 g/mol. The SMILES string of the molecule is COc1cc(C)ccc1OCCC(C(=O)O)c1ccccc1C. The maximum absolute atomic E-state index is 11.6. The topological polar surface area (TPSA) is 55.8 Å². The Kier molecular flexibility index (Phi) is 5.63. The number of aryl methyl sites for hydroxylation is 2. The van der Waals surface area contributed by atoms with E-state index in [9.17, 15) is 9.90 Å². The molecule has 0 aliphatic carbocycles. The van der Waals surface area contributed by atoms with Gasteiger partial charge in [-0.2, -0.15) is 0 Å². The lowest BCUT2D eigenvalue weighted by atomic mass is 9.92. The maximum atomic E-state index is 11.6. The first-order chi connectivity index (χ1) is 11.0. The third-order valence-corrected chi connectivity index (χ3v) is 3.85. The summed E-state index contributed by atoms with van der Waals surface area (Å²) in [5.41, 5.74) is 2.89. The standard InChI is InChI=1S/C19H22O4/c1-13-8-9-17(18(12-13)22-3)23-11-10-16(19(20)21)15-7-5-4-6-14(15)2/h4-9,12,16H,10-11H2,1-3H3,(H,20,21). The molecular formula is C19H22O4. The van der Waals surface area contributed by atoms with Crippen molar-refractivity contribution >= 4 is 5.97 Å². The molecule has 4 heteroatoms. The van der Waals surface area contributed by atoms with E-state index in [0.717, 1.165) is 16.7 Å². The van der Waals surface area contributed by atoms with E-state index in [1.807, 2.05) is 56.3 Å². The fourth-order valence-corrected chi connectivity index (χ4v) is 2.57. The monoisotopic (exact) mass is 314 g/mol. The fourth-order valence-electron chi connectivity index (χ4n) is 2.57. The molecule has 0 bridgehead atoms. The lowest BCUT2D eigenvalue weighted by Gasteiger charge is -2.16. The smallest absolute Gasteiger partial charge is 0.311 e. The van der Waals surface area contributed by atoms with E-state index in [1.54, 1.807) is 7.11 Å². The molecule has 23 heavy (non-hydrogen) atoms. The number of ether oxygens (including phenoxy) is 2. The molecule has 0 saturated heterocycles. The van der Waals surface area contributed by atoms with Crippen LogP contribution in [0.3, 0.4) is 0 Å². The molecule has 0 saturated carbocycles. The van der Waals surface area contributed by atoms with Gasteiger partial charge in [0.1, 0.15) is 0 Å². The molecule has 1 atom stereocenters. The Bertz CT molecular complexity index is 679. The van der Waals surface area contributed by atoms with Crippen molar-refractivity contribution < 1.29 is 19.4 Å². The van der Waals surface area contributed by atoms with Crippen LogP contribution >= 0.6 is 0 Å². The largest absolute Gasteiger partial charge is 0.493 e. The second kappa shape index (κ2) is 7.68. The summed E-state index contributed by atoms with van der Waals surface area (Å²) in [4.78, 5) is 11.6. The van der Waals surface area contributed by atoms with E-state index < -0.39 is 11.9 Å². The van der Waals surface area contributed by atoms with E-state index in [0.29, 0.717) is 24.5 Å². The summed E-state index contributed by atoms with van der Waals surface area (Å²) in [6.07, 6.45) is 0.400. The maximum Gasteiger partial charge on any atom is 0.311 e. The van der Waals surface area contributed by atoms with Crippen LogP contribution in [-0.2, 0) is 4.79 Å². The minimum Gasteiger partial charge on any atom is -0.493 e. The third kappa shape index (κ3) is 4.25. The minimum absolute atomic E-state index is 0.310. The molecule has 0 radical (unpaired) electrons. The van der Waals surface area contributed by atoms with Crippen LogP contribution < -0.4 is 9.47 Å². The Morgan fingerprint density at radius 2 is 1.87 bits per heavy atom. The number of carboxylic acids is 1. The second-order valence-corrected chi connectivity index (χ2v) is 5.54. The average Bonchev–Trinajstić information content (AvgIpc) is 2.53. The molecule has 1 unspecified atom stereocenters. The molecule has 0 heterocycles. The summed E-state index contributed by atoms with van der Waals surface area (Å²) in [6, 6.07) is 13.2. The predicted octanol–water partition coefficient (Wildman–Crippen LogP) is 3.95. The van der Waals surface area contributed by atoms with Gasteiger partial charge in [-0.05, 0) is 49.1 Å². The van der Waals surface area contributed by atoms with Crippen molar-refractivity contribution in [1.82, 2.24) is 0 Å². The molecule has 2 rings (SSSR count). The minimum atomic E-state index is -0.834. The number of hydrogen-bond donors (Lipinski definition) is 1. The Balaban J connectivity index is 2.06. The quantitative estimate of drug-likeness (QED) is 0.840. The molecule has 1 N–H and O–H groups in total. The third-order valence-electron chi connectivity index (χ3n) is 3.85. The Morgan fingerprint density at radius 3 is 2.52 bits per heavy atom. The lowest BCUT2D eigenvalue weighted by molar-refractivity contribution is -0.139. The van der Waals surface area contributed by atoms with Gasteiger partial charge in [-0.3, -0.25) is 4.79 Å². The zero-order valence-electron chi connectivity index (χ0n) is 13.7. The summed E-state index contributed by atoms with van der Waals surface area (Å²) in [7, 11) is 1.59. The van der Waals surface area contributed by atoms with Gasteiger partial charge in [-0.25, -0.2) is 0 Å². The summed E-state index contributed by atoms with van der Waals surface area (Å²) < 4.78 is 11.0. The molecule has 0 aliphatic rings. The average molecular weight is 314 g/mol. The van der Waals surface area contributed by atoms with Gasteiger partial charge in [0, 0.05) is 0 Å². The molecule has 0 fully saturated rings. The van der Waals surface area contributed by atoms with Gasteiger partial charge in [0.15, 0.2) is 11.5 Å². The van der Waals surface area contributed by atoms with E-state index in [4.69, 9.17) is 9.47 Å². The highest BCUT2D eigenvalue weighted by atomic mass is 16.5. The van der Waals surface area contributed by atoms with Crippen LogP contribution in [0.5, 0.6) is 11.5 Å². The van der Waals surface area contributed by atoms with Crippen molar-refractivity contribution in [3.05, 3.63) is 59.2 Å². The van der Waals surface area contributed by atoms with Crippen molar-refractivity contribution in [3.8, 4) is 11.5 Å². The lowest BCUT2D eigenvalue weighted by Crippen LogP contribution is -2.16. The van der Waals surface area contributed by atoms with Crippen LogP contribution in [0.4, 0.5) is 0 Å². The van der Waals surface area contributed by atoms with Crippen LogP contribution in [-0.4, -0.2) is 24.8 Å². The molecule has 2 aromatic rings. The predicted molar refractivity (Wildman–Crippen MR) is 89.4 cm³/mol. The zero-order valence-corrected chi connectivity index (χ0v) is 13.7. The van der Waals surface area contributed by atoms with Crippen molar-refractivity contribution in [2.24, 2.45) is 0 Å². The molecule has 2 aromatic carbocycles. The Labute approximate surface area is 136 Å². The number of rotatable bonds is 7. The molecule has 0 amide bonds. The van der Waals surface area contributed by atoms with Crippen molar-refractivity contribution in [3.63, 3.8) is 0 Å². The molecule has 0 aliphatic heterocycles. The number of methoxy groups -OCH3 is 1. The van der Waals surface area contributed by atoms with Gasteiger partial charge in [-0.15, -0.1) is 0 Å². The summed E-state index contributed by atoms with van der Waals surface area (Å²) in [6.45, 7) is 4.21. The van der Waals surface area contributed by atoms with Gasteiger partial charge in [0.05, 0.1) is 19.6 Å². The molecule has 122 valence electrons. The van der Waals surface area contributed by atoms with Crippen LogP contribution in [0.25, 0.3) is 0 Å². The zero-order chi connectivity index (χ0) is 16.8. The highest BCUT2D eigenvalue weighted by Crippen LogP contribution is 2.29. The first kappa shape index (κ1) is 16.9. The van der Waals surface area contributed by atoms with Gasteiger partial charge in [-0.1, -0.05) is 30.3 Å². The van der Waals surface area contributed by atoms with Crippen LogP contribution in [0.2, 0.25) is 0 Å². The molecule has 4 nitrogen and oxygen atoms in total. The second-order valence-electron chi connectivity index (χ2n) is 5.54.